The van der Waals surface area contributed by atoms with Gasteiger partial charge in [0.05, 0.1) is 11.9 Å². The number of carbonyl (C=O) groups excluding carboxylic acids is 1. The lowest BCUT2D eigenvalue weighted by molar-refractivity contribution is -0.118. The molecule has 0 fully saturated rings. The Morgan fingerprint density at radius 1 is 1.15 bits per heavy atom. The summed E-state index contributed by atoms with van der Waals surface area (Å²) in [7, 11) is 0. The van der Waals surface area contributed by atoms with E-state index in [1.54, 1.807) is 0 Å². The summed E-state index contributed by atoms with van der Waals surface area (Å²) in [6, 6.07) is 12.8. The molecular weight excluding hydrogens is 278 g/mol. The highest BCUT2D eigenvalue weighted by Crippen LogP contribution is 2.17. The summed E-state index contributed by atoms with van der Waals surface area (Å²) in [6.45, 7) is 0. The third-order valence-electron chi connectivity index (χ3n) is 3.07. The molecule has 4 nitrogen and oxygen atoms in total. The van der Waals surface area contributed by atoms with E-state index >= 15 is 0 Å². The van der Waals surface area contributed by atoms with Crippen LogP contribution in [0.15, 0.2) is 42.5 Å². The fraction of sp³-hybridized carbons (Fsp3) is 0.200. The summed E-state index contributed by atoms with van der Waals surface area (Å²) >= 11 is 5.51. The minimum absolute atomic E-state index is 0.210. The zero-order valence-corrected chi connectivity index (χ0v) is 11.4. The Morgan fingerprint density at radius 3 is 2.50 bits per heavy atom. The van der Waals surface area contributed by atoms with Crippen LogP contribution in [0.4, 0.5) is 4.79 Å². The Balaban J connectivity index is 2.23. The molecule has 0 aliphatic heterocycles. The molecule has 104 valence electrons. The van der Waals surface area contributed by atoms with Gasteiger partial charge in [0.1, 0.15) is 0 Å². The number of ketones is 1. The lowest BCUT2D eigenvalue weighted by Crippen LogP contribution is -2.42. The molecule has 20 heavy (non-hydrogen) atoms. The lowest BCUT2D eigenvalue weighted by atomic mass is 10.00. The molecule has 2 aromatic rings. The number of halogens is 1. The third kappa shape index (κ3) is 3.48. The fourth-order valence-electron chi connectivity index (χ4n) is 2.09. The zero-order chi connectivity index (χ0) is 14.5. The smallest absolute Gasteiger partial charge is 0.405 e. The summed E-state index contributed by atoms with van der Waals surface area (Å²) in [6.07, 6.45) is -0.933. The molecule has 0 bridgehead atoms. The molecule has 0 aliphatic carbocycles. The maximum atomic E-state index is 11.7. The highest BCUT2D eigenvalue weighted by molar-refractivity contribution is 6.28. The van der Waals surface area contributed by atoms with Gasteiger partial charge in [-0.05, 0) is 22.8 Å². The van der Waals surface area contributed by atoms with E-state index in [0.29, 0.717) is 6.42 Å². The molecule has 0 heterocycles. The Kier molecular flexibility index (Phi) is 4.58. The highest BCUT2D eigenvalue weighted by atomic mass is 35.5. The van der Waals surface area contributed by atoms with Crippen molar-refractivity contribution in [2.24, 2.45) is 0 Å². The van der Waals surface area contributed by atoms with E-state index < -0.39 is 12.1 Å². The molecule has 0 spiro atoms. The van der Waals surface area contributed by atoms with Crippen LogP contribution in [0.2, 0.25) is 0 Å². The Bertz CT molecular complexity index is 642. The van der Waals surface area contributed by atoms with Crippen molar-refractivity contribution >= 4 is 34.2 Å². The van der Waals surface area contributed by atoms with Crippen molar-refractivity contribution < 1.29 is 14.7 Å². The van der Waals surface area contributed by atoms with Crippen LogP contribution in [0, 0.1) is 0 Å². The molecule has 2 aromatic carbocycles. The summed E-state index contributed by atoms with van der Waals surface area (Å²) in [4.78, 5) is 22.4. The minimum atomic E-state index is -1.23. The first-order valence-electron chi connectivity index (χ1n) is 6.16. The van der Waals surface area contributed by atoms with Crippen LogP contribution in [0.1, 0.15) is 5.56 Å². The maximum Gasteiger partial charge on any atom is 0.405 e. The van der Waals surface area contributed by atoms with E-state index in [1.165, 1.54) is 0 Å². The molecule has 5 heteroatoms. The summed E-state index contributed by atoms with van der Waals surface area (Å²) in [5.41, 5.74) is 0.890. The lowest BCUT2D eigenvalue weighted by Gasteiger charge is -2.15. The molecular formula is C15H14ClNO3. The standard InChI is InChI=1S/C15H14ClNO3/c16-9-14(18)13(17-15(19)20)8-10-5-6-11-3-1-2-4-12(11)7-10/h1-7,13,17H,8-9H2,(H,19,20)/t13-/m0/s1. The SMILES string of the molecule is O=C(O)N[C@@H](Cc1ccc2ccccc2c1)C(=O)CCl. The molecule has 2 rings (SSSR count). The zero-order valence-electron chi connectivity index (χ0n) is 10.7. The molecule has 1 atom stereocenters. The molecule has 0 radical (unpaired) electrons. The van der Waals surface area contributed by atoms with Gasteiger partial charge in [0, 0.05) is 0 Å². The Hall–Kier alpha value is -2.07. The van der Waals surface area contributed by atoms with Gasteiger partial charge in [0.25, 0.3) is 0 Å². The van der Waals surface area contributed by atoms with Crippen molar-refractivity contribution in [1.29, 1.82) is 0 Å². The molecule has 0 aliphatic rings. The Labute approximate surface area is 121 Å². The van der Waals surface area contributed by atoms with Crippen LogP contribution >= 0.6 is 11.6 Å². The topological polar surface area (TPSA) is 66.4 Å². The van der Waals surface area contributed by atoms with E-state index in [2.05, 4.69) is 5.32 Å². The van der Waals surface area contributed by atoms with Crippen molar-refractivity contribution in [3.63, 3.8) is 0 Å². The van der Waals surface area contributed by atoms with E-state index in [9.17, 15) is 9.59 Å². The van der Waals surface area contributed by atoms with Gasteiger partial charge in [0.15, 0.2) is 5.78 Å². The molecule has 0 saturated heterocycles. The molecule has 0 aromatic heterocycles. The van der Waals surface area contributed by atoms with Gasteiger partial charge >= 0.3 is 6.09 Å². The van der Waals surface area contributed by atoms with Gasteiger partial charge in [-0.1, -0.05) is 42.5 Å². The van der Waals surface area contributed by atoms with Crippen molar-refractivity contribution in [3.05, 3.63) is 48.0 Å². The number of benzene rings is 2. The number of amides is 1. The molecule has 0 saturated carbocycles. The maximum absolute atomic E-state index is 11.7. The van der Waals surface area contributed by atoms with Crippen LogP contribution in [0.3, 0.4) is 0 Å². The number of hydrogen-bond donors (Lipinski definition) is 2. The van der Waals surface area contributed by atoms with E-state index in [0.717, 1.165) is 16.3 Å². The van der Waals surface area contributed by atoms with E-state index in [1.807, 2.05) is 42.5 Å². The van der Waals surface area contributed by atoms with Crippen LogP contribution in [0.5, 0.6) is 0 Å². The average molecular weight is 292 g/mol. The first-order valence-corrected chi connectivity index (χ1v) is 6.69. The number of carbonyl (C=O) groups is 2. The second-order valence-electron chi connectivity index (χ2n) is 4.49. The van der Waals surface area contributed by atoms with Crippen molar-refractivity contribution in [2.75, 3.05) is 5.88 Å². The summed E-state index contributed by atoms with van der Waals surface area (Å²) < 4.78 is 0. The predicted octanol–water partition coefficient (Wildman–Crippen LogP) is 2.83. The molecule has 0 unspecified atom stereocenters. The highest BCUT2D eigenvalue weighted by Gasteiger charge is 2.19. The van der Waals surface area contributed by atoms with E-state index in [-0.39, 0.29) is 11.7 Å². The van der Waals surface area contributed by atoms with Crippen molar-refractivity contribution in [1.82, 2.24) is 5.32 Å². The number of nitrogens with one attached hydrogen (secondary N) is 1. The van der Waals surface area contributed by atoms with Gasteiger partial charge in [-0.15, -0.1) is 11.6 Å². The van der Waals surface area contributed by atoms with Gasteiger partial charge < -0.3 is 10.4 Å². The van der Waals surface area contributed by atoms with Gasteiger partial charge in [-0.2, -0.15) is 0 Å². The Morgan fingerprint density at radius 2 is 1.85 bits per heavy atom. The number of alkyl halides is 1. The van der Waals surface area contributed by atoms with Gasteiger partial charge in [-0.25, -0.2) is 4.79 Å². The first kappa shape index (κ1) is 14.3. The van der Waals surface area contributed by atoms with Gasteiger partial charge in [-0.3, -0.25) is 4.79 Å². The van der Waals surface area contributed by atoms with Crippen LogP contribution in [0.25, 0.3) is 10.8 Å². The number of rotatable bonds is 5. The number of carboxylic acid groups (broad SMARTS) is 1. The largest absolute Gasteiger partial charge is 0.465 e. The van der Waals surface area contributed by atoms with Crippen LogP contribution in [-0.2, 0) is 11.2 Å². The fourth-order valence-corrected chi connectivity index (χ4v) is 2.28. The number of fused-ring (bicyclic) bond motifs is 1. The van der Waals surface area contributed by atoms with Crippen molar-refractivity contribution in [2.45, 2.75) is 12.5 Å². The predicted molar refractivity (Wildman–Crippen MR) is 78.3 cm³/mol. The monoisotopic (exact) mass is 291 g/mol. The summed E-state index contributed by atoms with van der Waals surface area (Å²) in [5, 5.41) is 13.1. The van der Waals surface area contributed by atoms with E-state index in [4.69, 9.17) is 16.7 Å². The quantitative estimate of drug-likeness (QED) is 0.833. The number of Topliss-reactive ketones (excluding diaryl/α,β-unsaturated/α-hetero) is 1. The van der Waals surface area contributed by atoms with Gasteiger partial charge in [0.2, 0.25) is 0 Å². The second kappa shape index (κ2) is 6.39. The molecule has 1 amide bonds. The normalized spacial score (nSPS) is 12.1. The van der Waals surface area contributed by atoms with Crippen LogP contribution in [-0.4, -0.2) is 28.9 Å². The summed E-state index contributed by atoms with van der Waals surface area (Å²) in [5.74, 6) is -0.541. The third-order valence-corrected chi connectivity index (χ3v) is 3.34. The van der Waals surface area contributed by atoms with Crippen molar-refractivity contribution in [3.8, 4) is 0 Å². The second-order valence-corrected chi connectivity index (χ2v) is 4.75. The first-order chi connectivity index (χ1) is 9.60. The molecule has 2 N–H and O–H groups in total. The number of hydrogen-bond acceptors (Lipinski definition) is 2. The minimum Gasteiger partial charge on any atom is -0.465 e. The van der Waals surface area contributed by atoms with Crippen LogP contribution < -0.4 is 5.32 Å². The average Bonchev–Trinajstić information content (AvgIpc) is 2.45.